The molecular formula is C13H14F3NO3. The summed E-state index contributed by atoms with van der Waals surface area (Å²) in [6, 6.07) is 2.55. The van der Waals surface area contributed by atoms with Crippen molar-refractivity contribution in [3.8, 4) is 0 Å². The Hall–Kier alpha value is -1.89. The number of aliphatic hydroxyl groups excluding tert-OH is 1. The summed E-state index contributed by atoms with van der Waals surface area (Å²) < 4.78 is 37.8. The number of amides is 1. The van der Waals surface area contributed by atoms with Crippen molar-refractivity contribution >= 4 is 17.4 Å². The van der Waals surface area contributed by atoms with Crippen molar-refractivity contribution in [1.82, 2.24) is 0 Å². The minimum absolute atomic E-state index is 0.00153. The Kier molecular flexibility index (Phi) is 5.26. The minimum atomic E-state index is -4.56. The van der Waals surface area contributed by atoms with Gasteiger partial charge in [0, 0.05) is 25.5 Å². The predicted molar refractivity (Wildman–Crippen MR) is 66.4 cm³/mol. The number of hydrogen-bond donors (Lipinski definition) is 2. The van der Waals surface area contributed by atoms with Crippen molar-refractivity contribution in [2.45, 2.75) is 25.9 Å². The molecule has 1 aromatic carbocycles. The molecule has 1 aromatic rings. The van der Waals surface area contributed by atoms with Gasteiger partial charge in [-0.2, -0.15) is 13.2 Å². The van der Waals surface area contributed by atoms with Crippen molar-refractivity contribution in [2.24, 2.45) is 0 Å². The van der Waals surface area contributed by atoms with E-state index in [2.05, 4.69) is 5.32 Å². The average Bonchev–Trinajstić information content (AvgIpc) is 2.34. The van der Waals surface area contributed by atoms with E-state index in [4.69, 9.17) is 5.11 Å². The molecule has 0 bridgehead atoms. The highest BCUT2D eigenvalue weighted by molar-refractivity contribution is 6.04. The fourth-order valence-electron chi connectivity index (χ4n) is 1.63. The Morgan fingerprint density at radius 1 is 1.30 bits per heavy atom. The molecule has 0 aliphatic heterocycles. The molecule has 0 spiro atoms. The third-order valence-electron chi connectivity index (χ3n) is 2.52. The lowest BCUT2D eigenvalue weighted by molar-refractivity contribution is -0.137. The van der Waals surface area contributed by atoms with Crippen molar-refractivity contribution in [2.75, 3.05) is 11.9 Å². The van der Waals surface area contributed by atoms with Crippen LogP contribution in [0.1, 0.15) is 35.7 Å². The van der Waals surface area contributed by atoms with Gasteiger partial charge in [0.1, 0.15) is 0 Å². The van der Waals surface area contributed by atoms with Crippen LogP contribution < -0.4 is 5.32 Å². The molecule has 20 heavy (non-hydrogen) atoms. The van der Waals surface area contributed by atoms with Crippen molar-refractivity contribution in [3.63, 3.8) is 0 Å². The average molecular weight is 289 g/mol. The molecule has 0 unspecified atom stereocenters. The van der Waals surface area contributed by atoms with Crippen LogP contribution in [0.25, 0.3) is 0 Å². The number of Topliss-reactive ketones (excluding diaryl/α,β-unsaturated/α-hetero) is 1. The number of carbonyl (C=O) groups is 2. The molecule has 2 N–H and O–H groups in total. The van der Waals surface area contributed by atoms with Gasteiger partial charge in [-0.1, -0.05) is 0 Å². The van der Waals surface area contributed by atoms with Gasteiger partial charge in [-0.25, -0.2) is 0 Å². The van der Waals surface area contributed by atoms with Gasteiger partial charge in [0.05, 0.1) is 11.3 Å². The van der Waals surface area contributed by atoms with E-state index in [1.54, 1.807) is 0 Å². The Morgan fingerprint density at radius 2 is 1.95 bits per heavy atom. The maximum atomic E-state index is 12.6. The molecular weight excluding hydrogens is 275 g/mol. The highest BCUT2D eigenvalue weighted by atomic mass is 19.4. The van der Waals surface area contributed by atoms with E-state index in [0.717, 1.165) is 25.1 Å². The van der Waals surface area contributed by atoms with Gasteiger partial charge in [-0.3, -0.25) is 9.59 Å². The van der Waals surface area contributed by atoms with Crippen LogP contribution >= 0.6 is 0 Å². The molecule has 4 nitrogen and oxygen atoms in total. The zero-order chi connectivity index (χ0) is 15.3. The number of nitrogens with one attached hydrogen (secondary N) is 1. The Labute approximate surface area is 113 Å². The van der Waals surface area contributed by atoms with Crippen LogP contribution in [0.5, 0.6) is 0 Å². The summed E-state index contributed by atoms with van der Waals surface area (Å²) in [5, 5.41) is 10.9. The lowest BCUT2D eigenvalue weighted by atomic mass is 10.0. The van der Waals surface area contributed by atoms with Gasteiger partial charge < -0.3 is 10.4 Å². The van der Waals surface area contributed by atoms with E-state index in [-0.39, 0.29) is 30.7 Å². The second-order valence-electron chi connectivity index (χ2n) is 4.19. The van der Waals surface area contributed by atoms with E-state index in [9.17, 15) is 22.8 Å². The topological polar surface area (TPSA) is 66.4 Å². The highest BCUT2D eigenvalue weighted by Crippen LogP contribution is 2.32. The lowest BCUT2D eigenvalue weighted by Crippen LogP contribution is -2.14. The fourth-order valence-corrected chi connectivity index (χ4v) is 1.63. The molecule has 0 aliphatic carbocycles. The fraction of sp³-hybridized carbons (Fsp3) is 0.385. The van der Waals surface area contributed by atoms with E-state index in [1.807, 2.05) is 0 Å². The van der Waals surface area contributed by atoms with Crippen LogP contribution in [0.4, 0.5) is 18.9 Å². The van der Waals surface area contributed by atoms with Gasteiger partial charge in [-0.15, -0.1) is 0 Å². The molecule has 0 aliphatic rings. The van der Waals surface area contributed by atoms with Gasteiger partial charge >= 0.3 is 6.18 Å². The van der Waals surface area contributed by atoms with Crippen LogP contribution in [0, 0.1) is 0 Å². The molecule has 0 saturated heterocycles. The summed E-state index contributed by atoms with van der Waals surface area (Å²) in [4.78, 5) is 22.8. The number of halogens is 3. The van der Waals surface area contributed by atoms with E-state index in [1.165, 1.54) is 0 Å². The van der Waals surface area contributed by atoms with Crippen LogP contribution in [-0.2, 0) is 11.0 Å². The first kappa shape index (κ1) is 16.2. The minimum Gasteiger partial charge on any atom is -0.396 e. The van der Waals surface area contributed by atoms with Crippen LogP contribution in [0.3, 0.4) is 0 Å². The normalized spacial score (nSPS) is 11.2. The molecule has 1 amide bonds. The van der Waals surface area contributed by atoms with Crippen LogP contribution in [0.15, 0.2) is 18.2 Å². The molecule has 0 radical (unpaired) electrons. The number of carbonyl (C=O) groups excluding carboxylic acids is 2. The summed E-state index contributed by atoms with van der Waals surface area (Å²) in [5.41, 5.74) is -1.11. The number of alkyl halides is 3. The highest BCUT2D eigenvalue weighted by Gasteiger charge is 2.31. The SMILES string of the molecule is CC(=O)Nc1cc(C(F)(F)F)ccc1C(=O)CCCO. The lowest BCUT2D eigenvalue weighted by Gasteiger charge is -2.13. The molecule has 0 atom stereocenters. The number of benzene rings is 1. The Morgan fingerprint density at radius 3 is 2.45 bits per heavy atom. The quantitative estimate of drug-likeness (QED) is 0.819. The molecule has 110 valence electrons. The summed E-state index contributed by atoms with van der Waals surface area (Å²) in [6.07, 6.45) is -4.35. The van der Waals surface area contributed by atoms with Gasteiger partial charge in [-0.05, 0) is 24.6 Å². The maximum Gasteiger partial charge on any atom is 0.416 e. The van der Waals surface area contributed by atoms with E-state index in [0.29, 0.717) is 0 Å². The van der Waals surface area contributed by atoms with Crippen LogP contribution in [-0.4, -0.2) is 23.4 Å². The van der Waals surface area contributed by atoms with Gasteiger partial charge in [0.2, 0.25) is 5.91 Å². The van der Waals surface area contributed by atoms with Crippen molar-refractivity contribution < 1.29 is 27.9 Å². The smallest absolute Gasteiger partial charge is 0.396 e. The number of rotatable bonds is 5. The summed E-state index contributed by atoms with van der Waals surface area (Å²) in [5.74, 6) is -1.00. The number of anilines is 1. The summed E-state index contributed by atoms with van der Waals surface area (Å²) in [6.45, 7) is 0.948. The van der Waals surface area contributed by atoms with Crippen molar-refractivity contribution in [1.29, 1.82) is 0 Å². The molecule has 7 heteroatoms. The maximum absolute atomic E-state index is 12.6. The Balaban J connectivity index is 3.16. The van der Waals surface area contributed by atoms with Crippen LogP contribution in [0.2, 0.25) is 0 Å². The third kappa shape index (κ3) is 4.34. The van der Waals surface area contributed by atoms with Gasteiger partial charge in [0.25, 0.3) is 0 Å². The molecule has 1 rings (SSSR count). The number of ketones is 1. The zero-order valence-corrected chi connectivity index (χ0v) is 10.8. The monoisotopic (exact) mass is 289 g/mol. The van der Waals surface area contributed by atoms with Gasteiger partial charge in [0.15, 0.2) is 5.78 Å². The number of aliphatic hydroxyl groups is 1. The Bertz CT molecular complexity index is 512. The summed E-state index contributed by atoms with van der Waals surface area (Å²) >= 11 is 0. The van der Waals surface area contributed by atoms with E-state index >= 15 is 0 Å². The molecule has 0 aromatic heterocycles. The first-order valence-corrected chi connectivity index (χ1v) is 5.88. The summed E-state index contributed by atoms with van der Waals surface area (Å²) in [7, 11) is 0. The van der Waals surface area contributed by atoms with E-state index < -0.39 is 23.4 Å². The largest absolute Gasteiger partial charge is 0.416 e. The molecule has 0 fully saturated rings. The predicted octanol–water partition coefficient (Wildman–Crippen LogP) is 2.62. The second-order valence-corrected chi connectivity index (χ2v) is 4.19. The zero-order valence-electron chi connectivity index (χ0n) is 10.8. The number of hydrogen-bond acceptors (Lipinski definition) is 3. The second kappa shape index (κ2) is 6.51. The first-order valence-electron chi connectivity index (χ1n) is 5.88. The van der Waals surface area contributed by atoms with Crippen molar-refractivity contribution in [3.05, 3.63) is 29.3 Å². The molecule has 0 saturated carbocycles. The third-order valence-corrected chi connectivity index (χ3v) is 2.52. The standard InChI is InChI=1S/C13H14F3NO3/c1-8(19)17-11-7-9(13(14,15)16)4-5-10(11)12(20)3-2-6-18/h4-5,7,18H,2-3,6H2,1H3,(H,17,19). The first-order chi connectivity index (χ1) is 9.25. The molecule has 0 heterocycles.